The Morgan fingerprint density at radius 3 is 2.62 bits per heavy atom. The lowest BCUT2D eigenvalue weighted by molar-refractivity contribution is 0.0600. The minimum atomic E-state index is -4.04. The Hall–Kier alpha value is -2.45. The molecule has 0 spiro atoms. The summed E-state index contributed by atoms with van der Waals surface area (Å²) in [6.07, 6.45) is 0. The molecular weight excluding hydrogens is 382 g/mol. The normalized spacial score (nSPS) is 13.2. The molecule has 0 aliphatic carbocycles. The number of sulfonamides is 1. The maximum atomic E-state index is 13.2. The van der Waals surface area contributed by atoms with E-state index in [1.165, 1.54) is 38.5 Å². The van der Waals surface area contributed by atoms with E-state index in [1.807, 2.05) is 0 Å². The largest absolute Gasteiger partial charge is 0.495 e. The Balaban J connectivity index is 2.15. The van der Waals surface area contributed by atoms with Crippen molar-refractivity contribution in [3.8, 4) is 11.5 Å². The van der Waals surface area contributed by atoms with Crippen molar-refractivity contribution in [2.45, 2.75) is 11.8 Å². The number of rotatable bonds is 4. The standard InChI is InChI=1S/C17H16ClNO6S/c1-10-6-11(17(20)24-3)7-13-16(10)25-9-19(13)26(21,22)15-8-12(18)4-5-14(15)23-2/h4-8H,9H2,1-3H3. The van der Waals surface area contributed by atoms with E-state index in [1.54, 1.807) is 13.0 Å². The highest BCUT2D eigenvalue weighted by atomic mass is 35.5. The summed E-state index contributed by atoms with van der Waals surface area (Å²) in [5.74, 6) is -0.0219. The molecule has 0 bridgehead atoms. The van der Waals surface area contributed by atoms with Gasteiger partial charge in [0.1, 0.15) is 16.4 Å². The van der Waals surface area contributed by atoms with Gasteiger partial charge in [-0.05, 0) is 42.8 Å². The summed E-state index contributed by atoms with van der Waals surface area (Å²) in [6, 6.07) is 7.33. The highest BCUT2D eigenvalue weighted by Gasteiger charge is 2.36. The Morgan fingerprint density at radius 2 is 1.96 bits per heavy atom. The molecule has 26 heavy (non-hydrogen) atoms. The Kier molecular flexibility index (Phi) is 4.72. The number of fused-ring (bicyclic) bond motifs is 1. The molecule has 2 aromatic carbocycles. The molecule has 0 saturated heterocycles. The molecular formula is C17H16ClNO6S. The van der Waals surface area contributed by atoms with Crippen LogP contribution in [-0.2, 0) is 14.8 Å². The zero-order valence-electron chi connectivity index (χ0n) is 14.3. The van der Waals surface area contributed by atoms with E-state index in [9.17, 15) is 13.2 Å². The van der Waals surface area contributed by atoms with Crippen LogP contribution in [0.3, 0.4) is 0 Å². The van der Waals surface area contributed by atoms with E-state index in [0.717, 1.165) is 4.31 Å². The smallest absolute Gasteiger partial charge is 0.337 e. The van der Waals surface area contributed by atoms with Gasteiger partial charge in [-0.1, -0.05) is 11.6 Å². The van der Waals surface area contributed by atoms with Gasteiger partial charge in [-0.15, -0.1) is 0 Å². The van der Waals surface area contributed by atoms with Crippen LogP contribution in [-0.4, -0.2) is 35.3 Å². The van der Waals surface area contributed by atoms with Gasteiger partial charge in [-0.25, -0.2) is 17.5 Å². The fourth-order valence-electron chi connectivity index (χ4n) is 2.73. The molecule has 0 aromatic heterocycles. The van der Waals surface area contributed by atoms with Crippen LogP contribution in [0.5, 0.6) is 11.5 Å². The van der Waals surface area contributed by atoms with Gasteiger partial charge < -0.3 is 14.2 Å². The highest BCUT2D eigenvalue weighted by Crippen LogP contribution is 2.42. The van der Waals surface area contributed by atoms with Gasteiger partial charge in [0.2, 0.25) is 0 Å². The van der Waals surface area contributed by atoms with Crippen LogP contribution in [0.2, 0.25) is 5.02 Å². The number of anilines is 1. The number of hydrogen-bond donors (Lipinski definition) is 0. The van der Waals surface area contributed by atoms with Crippen molar-refractivity contribution in [2.75, 3.05) is 25.3 Å². The maximum absolute atomic E-state index is 13.2. The number of carbonyl (C=O) groups is 1. The van der Waals surface area contributed by atoms with Crippen molar-refractivity contribution < 1.29 is 27.4 Å². The molecule has 7 nitrogen and oxygen atoms in total. The quantitative estimate of drug-likeness (QED) is 0.737. The number of esters is 1. The summed E-state index contributed by atoms with van der Waals surface area (Å²) in [5, 5.41) is 0.254. The van der Waals surface area contributed by atoms with Gasteiger partial charge in [-0.3, -0.25) is 0 Å². The SMILES string of the molecule is COC(=O)c1cc(C)c2c(c1)N(S(=O)(=O)c1cc(Cl)ccc1OC)CO2. The zero-order valence-corrected chi connectivity index (χ0v) is 15.8. The van der Waals surface area contributed by atoms with E-state index in [2.05, 4.69) is 0 Å². The number of carbonyl (C=O) groups excluding carboxylic acids is 1. The van der Waals surface area contributed by atoms with E-state index in [4.69, 9.17) is 25.8 Å². The molecule has 0 saturated carbocycles. The Morgan fingerprint density at radius 1 is 1.23 bits per heavy atom. The van der Waals surface area contributed by atoms with Crippen LogP contribution >= 0.6 is 11.6 Å². The molecule has 1 heterocycles. The first kappa shape index (κ1) is 18.3. The average molecular weight is 398 g/mol. The van der Waals surface area contributed by atoms with E-state index < -0.39 is 16.0 Å². The van der Waals surface area contributed by atoms with E-state index in [0.29, 0.717) is 11.3 Å². The number of halogens is 1. The third-order valence-corrected chi connectivity index (χ3v) is 5.96. The van der Waals surface area contributed by atoms with Gasteiger partial charge in [0.25, 0.3) is 10.0 Å². The molecule has 9 heteroatoms. The number of aryl methyl sites for hydroxylation is 1. The van der Waals surface area contributed by atoms with E-state index in [-0.39, 0.29) is 33.6 Å². The summed E-state index contributed by atoms with van der Waals surface area (Å²) in [4.78, 5) is 11.8. The lowest BCUT2D eigenvalue weighted by Gasteiger charge is -2.19. The minimum Gasteiger partial charge on any atom is -0.495 e. The molecule has 0 atom stereocenters. The van der Waals surface area contributed by atoms with Crippen molar-refractivity contribution >= 4 is 33.3 Å². The molecule has 0 radical (unpaired) electrons. The number of methoxy groups -OCH3 is 2. The van der Waals surface area contributed by atoms with Crippen molar-refractivity contribution in [1.82, 2.24) is 0 Å². The minimum absolute atomic E-state index is 0.0925. The number of nitrogens with zero attached hydrogens (tertiary/aromatic N) is 1. The Bertz CT molecular complexity index is 989. The van der Waals surface area contributed by atoms with E-state index >= 15 is 0 Å². The van der Waals surface area contributed by atoms with Crippen LogP contribution in [0.4, 0.5) is 5.69 Å². The van der Waals surface area contributed by atoms with Gasteiger partial charge in [0.15, 0.2) is 6.73 Å². The highest BCUT2D eigenvalue weighted by molar-refractivity contribution is 7.93. The van der Waals surface area contributed by atoms with Gasteiger partial charge >= 0.3 is 5.97 Å². The summed E-state index contributed by atoms with van der Waals surface area (Å²) >= 11 is 5.97. The molecule has 138 valence electrons. The lowest BCUT2D eigenvalue weighted by atomic mass is 10.1. The second kappa shape index (κ2) is 6.69. The summed E-state index contributed by atoms with van der Waals surface area (Å²) in [7, 11) is -1.41. The van der Waals surface area contributed by atoms with Crippen molar-refractivity contribution in [3.05, 3.63) is 46.5 Å². The number of ether oxygens (including phenoxy) is 3. The van der Waals surface area contributed by atoms with Crippen LogP contribution in [0.15, 0.2) is 35.2 Å². The predicted molar refractivity (Wildman–Crippen MR) is 95.7 cm³/mol. The van der Waals surface area contributed by atoms with Crippen molar-refractivity contribution in [3.63, 3.8) is 0 Å². The molecule has 1 aliphatic heterocycles. The summed E-state index contributed by atoms with van der Waals surface area (Å²) in [6.45, 7) is 1.50. The van der Waals surface area contributed by atoms with Gasteiger partial charge in [-0.2, -0.15) is 0 Å². The third-order valence-electron chi connectivity index (χ3n) is 3.96. The molecule has 0 N–H and O–H groups in total. The van der Waals surface area contributed by atoms with Crippen LogP contribution < -0.4 is 13.8 Å². The molecule has 3 rings (SSSR count). The summed E-state index contributed by atoms with van der Waals surface area (Å²) in [5.41, 5.74) is 1.11. The summed E-state index contributed by atoms with van der Waals surface area (Å²) < 4.78 is 42.9. The number of benzene rings is 2. The monoisotopic (exact) mass is 397 g/mol. The third kappa shape index (κ3) is 2.95. The first-order chi connectivity index (χ1) is 12.3. The second-order valence-corrected chi connectivity index (χ2v) is 7.82. The lowest BCUT2D eigenvalue weighted by Crippen LogP contribution is -2.30. The topological polar surface area (TPSA) is 82.1 Å². The predicted octanol–water partition coefficient (Wildman–Crippen LogP) is 2.99. The molecule has 0 amide bonds. The van der Waals surface area contributed by atoms with Gasteiger partial charge in [0.05, 0.1) is 25.5 Å². The fourth-order valence-corrected chi connectivity index (χ4v) is 4.47. The Labute approximate surface area is 156 Å². The number of hydrogen-bond acceptors (Lipinski definition) is 6. The fraction of sp³-hybridized carbons (Fsp3) is 0.235. The maximum Gasteiger partial charge on any atom is 0.337 e. The van der Waals surface area contributed by atoms with Crippen LogP contribution in [0.25, 0.3) is 0 Å². The molecule has 0 unspecified atom stereocenters. The molecule has 1 aliphatic rings. The molecule has 0 fully saturated rings. The van der Waals surface area contributed by atoms with Crippen LogP contribution in [0, 0.1) is 6.92 Å². The zero-order chi connectivity index (χ0) is 19.1. The van der Waals surface area contributed by atoms with Crippen molar-refractivity contribution in [1.29, 1.82) is 0 Å². The van der Waals surface area contributed by atoms with Gasteiger partial charge in [0, 0.05) is 5.02 Å². The average Bonchev–Trinajstić information content (AvgIpc) is 3.06. The molecule has 2 aromatic rings. The first-order valence-corrected chi connectivity index (χ1v) is 9.33. The van der Waals surface area contributed by atoms with Crippen LogP contribution in [0.1, 0.15) is 15.9 Å². The van der Waals surface area contributed by atoms with Crippen molar-refractivity contribution in [2.24, 2.45) is 0 Å². The first-order valence-electron chi connectivity index (χ1n) is 7.51. The second-order valence-electron chi connectivity index (χ2n) is 5.56.